The van der Waals surface area contributed by atoms with Gasteiger partial charge >= 0.3 is 6.03 Å². The number of likely N-dealkylation sites (tertiary alicyclic amines) is 1. The number of rotatable bonds is 6. The number of urea groups is 1. The summed E-state index contributed by atoms with van der Waals surface area (Å²) < 4.78 is 0. The van der Waals surface area contributed by atoms with Crippen molar-refractivity contribution in [3.8, 4) is 0 Å². The molecular formula is C12H25N5O. The highest BCUT2D eigenvalue weighted by Gasteiger charge is 2.20. The standard InChI is InChI=1S/C12H25N5O/c1-2-3-6-15-12(18)16-10-4-7-17(8-5-10)9-11(13)14/h10H,2-9H2,1H3,(H3,13,14)(H2,15,16,18). The Bertz CT molecular complexity index is 274. The number of unbranched alkanes of at least 4 members (excludes halogenated alkanes) is 1. The first-order valence-electron chi connectivity index (χ1n) is 6.71. The van der Waals surface area contributed by atoms with E-state index < -0.39 is 0 Å². The van der Waals surface area contributed by atoms with Crippen LogP contribution in [0, 0.1) is 5.41 Å². The Labute approximate surface area is 109 Å². The Morgan fingerprint density at radius 3 is 2.67 bits per heavy atom. The second kappa shape index (κ2) is 7.92. The maximum Gasteiger partial charge on any atom is 0.315 e. The molecule has 1 aliphatic rings. The summed E-state index contributed by atoms with van der Waals surface area (Å²) in [6, 6.07) is 0.184. The van der Waals surface area contributed by atoms with Crippen molar-refractivity contribution < 1.29 is 4.79 Å². The molecule has 0 aromatic heterocycles. The number of piperidine rings is 1. The lowest BCUT2D eigenvalue weighted by molar-refractivity contribution is 0.206. The van der Waals surface area contributed by atoms with Crippen LogP contribution in [-0.2, 0) is 0 Å². The Morgan fingerprint density at radius 2 is 2.11 bits per heavy atom. The van der Waals surface area contributed by atoms with Crippen LogP contribution in [0.2, 0.25) is 0 Å². The van der Waals surface area contributed by atoms with Crippen molar-refractivity contribution in [2.75, 3.05) is 26.2 Å². The largest absolute Gasteiger partial charge is 0.387 e. The lowest BCUT2D eigenvalue weighted by Gasteiger charge is -2.31. The average Bonchev–Trinajstić information content (AvgIpc) is 2.31. The predicted octanol–water partition coefficient (Wildman–Crippen LogP) is 0.486. The fourth-order valence-corrected chi connectivity index (χ4v) is 2.09. The van der Waals surface area contributed by atoms with Gasteiger partial charge in [0.25, 0.3) is 0 Å². The molecule has 6 nitrogen and oxygen atoms in total. The van der Waals surface area contributed by atoms with E-state index in [4.69, 9.17) is 11.1 Å². The fourth-order valence-electron chi connectivity index (χ4n) is 2.09. The van der Waals surface area contributed by atoms with Gasteiger partial charge in [-0.2, -0.15) is 0 Å². The molecule has 1 aliphatic heterocycles. The summed E-state index contributed by atoms with van der Waals surface area (Å²) >= 11 is 0. The van der Waals surface area contributed by atoms with Gasteiger partial charge in [-0.05, 0) is 19.3 Å². The molecule has 0 bridgehead atoms. The number of amides is 2. The summed E-state index contributed by atoms with van der Waals surface area (Å²) in [6.07, 6.45) is 3.96. The number of nitrogens with zero attached hydrogens (tertiary/aromatic N) is 1. The summed E-state index contributed by atoms with van der Waals surface area (Å²) in [5.74, 6) is 0.207. The van der Waals surface area contributed by atoms with Crippen LogP contribution >= 0.6 is 0 Å². The molecule has 0 atom stereocenters. The summed E-state index contributed by atoms with van der Waals surface area (Å²) in [6.45, 7) is 5.16. The number of hydrogen-bond acceptors (Lipinski definition) is 3. The van der Waals surface area contributed by atoms with Crippen LogP contribution in [0.3, 0.4) is 0 Å². The Morgan fingerprint density at radius 1 is 1.44 bits per heavy atom. The van der Waals surface area contributed by atoms with Gasteiger partial charge in [0, 0.05) is 25.7 Å². The number of hydrogen-bond donors (Lipinski definition) is 4. The molecule has 0 aliphatic carbocycles. The van der Waals surface area contributed by atoms with E-state index in [2.05, 4.69) is 22.5 Å². The minimum atomic E-state index is -0.0616. The molecule has 0 unspecified atom stereocenters. The highest BCUT2D eigenvalue weighted by molar-refractivity contribution is 5.79. The lowest BCUT2D eigenvalue weighted by atomic mass is 10.1. The molecule has 1 rings (SSSR count). The third kappa shape index (κ3) is 5.86. The molecule has 0 spiro atoms. The van der Waals surface area contributed by atoms with E-state index in [-0.39, 0.29) is 17.9 Å². The van der Waals surface area contributed by atoms with E-state index in [1.807, 2.05) is 0 Å². The Balaban J connectivity index is 2.14. The van der Waals surface area contributed by atoms with Crippen molar-refractivity contribution in [1.29, 1.82) is 5.41 Å². The average molecular weight is 255 g/mol. The Hall–Kier alpha value is -1.30. The van der Waals surface area contributed by atoms with Gasteiger partial charge in [0.2, 0.25) is 0 Å². The van der Waals surface area contributed by atoms with Gasteiger partial charge in [-0.3, -0.25) is 10.3 Å². The highest BCUT2D eigenvalue weighted by atomic mass is 16.2. The minimum absolute atomic E-state index is 0.0616. The molecule has 0 aromatic carbocycles. The first-order chi connectivity index (χ1) is 8.61. The highest BCUT2D eigenvalue weighted by Crippen LogP contribution is 2.09. The third-order valence-electron chi connectivity index (χ3n) is 3.13. The molecular weight excluding hydrogens is 230 g/mol. The van der Waals surface area contributed by atoms with Gasteiger partial charge in [0.1, 0.15) is 5.84 Å². The fraction of sp³-hybridized carbons (Fsp3) is 0.833. The van der Waals surface area contributed by atoms with Crippen molar-refractivity contribution in [2.24, 2.45) is 5.73 Å². The van der Waals surface area contributed by atoms with Gasteiger partial charge in [-0.1, -0.05) is 13.3 Å². The molecule has 0 aromatic rings. The zero-order valence-electron chi connectivity index (χ0n) is 11.2. The number of nitrogens with two attached hydrogens (primary N) is 1. The number of carbonyl (C=O) groups excluding carboxylic acids is 1. The molecule has 5 N–H and O–H groups in total. The van der Waals surface area contributed by atoms with Crippen LogP contribution in [0.4, 0.5) is 4.79 Å². The van der Waals surface area contributed by atoms with Gasteiger partial charge in [0.15, 0.2) is 0 Å². The molecule has 1 fully saturated rings. The van der Waals surface area contributed by atoms with Crippen LogP contribution in [0.1, 0.15) is 32.6 Å². The van der Waals surface area contributed by atoms with E-state index in [0.29, 0.717) is 6.54 Å². The first-order valence-corrected chi connectivity index (χ1v) is 6.71. The lowest BCUT2D eigenvalue weighted by Crippen LogP contribution is -2.49. The zero-order chi connectivity index (χ0) is 13.4. The van der Waals surface area contributed by atoms with E-state index in [9.17, 15) is 4.79 Å². The van der Waals surface area contributed by atoms with Gasteiger partial charge < -0.3 is 16.4 Å². The molecule has 0 saturated carbocycles. The van der Waals surface area contributed by atoms with Crippen molar-refractivity contribution in [1.82, 2.24) is 15.5 Å². The van der Waals surface area contributed by atoms with Gasteiger partial charge in [-0.25, -0.2) is 4.79 Å². The van der Waals surface area contributed by atoms with E-state index in [0.717, 1.165) is 45.3 Å². The van der Waals surface area contributed by atoms with E-state index in [1.165, 1.54) is 0 Å². The maximum atomic E-state index is 11.6. The molecule has 2 amide bonds. The van der Waals surface area contributed by atoms with Gasteiger partial charge in [0.05, 0.1) is 6.54 Å². The smallest absolute Gasteiger partial charge is 0.315 e. The monoisotopic (exact) mass is 255 g/mol. The molecule has 0 radical (unpaired) electrons. The van der Waals surface area contributed by atoms with E-state index in [1.54, 1.807) is 0 Å². The first kappa shape index (κ1) is 14.8. The second-order valence-corrected chi connectivity index (χ2v) is 4.83. The maximum absolute atomic E-state index is 11.6. The summed E-state index contributed by atoms with van der Waals surface area (Å²) in [5.41, 5.74) is 5.37. The summed E-state index contributed by atoms with van der Waals surface area (Å²) in [7, 11) is 0. The van der Waals surface area contributed by atoms with Crippen molar-refractivity contribution in [2.45, 2.75) is 38.6 Å². The van der Waals surface area contributed by atoms with Crippen LogP contribution in [0.15, 0.2) is 0 Å². The second-order valence-electron chi connectivity index (χ2n) is 4.83. The molecule has 104 valence electrons. The molecule has 1 heterocycles. The number of nitrogens with one attached hydrogen (secondary N) is 3. The normalized spacial score (nSPS) is 17.4. The summed E-state index contributed by atoms with van der Waals surface area (Å²) in [4.78, 5) is 13.7. The summed E-state index contributed by atoms with van der Waals surface area (Å²) in [5, 5.41) is 13.1. The molecule has 18 heavy (non-hydrogen) atoms. The van der Waals surface area contributed by atoms with Crippen molar-refractivity contribution in [3.63, 3.8) is 0 Å². The number of amidine groups is 1. The molecule has 6 heteroatoms. The minimum Gasteiger partial charge on any atom is -0.387 e. The molecule has 1 saturated heterocycles. The van der Waals surface area contributed by atoms with Crippen molar-refractivity contribution in [3.05, 3.63) is 0 Å². The topological polar surface area (TPSA) is 94.2 Å². The predicted molar refractivity (Wildman–Crippen MR) is 72.8 cm³/mol. The number of carbonyl (C=O) groups is 1. The van der Waals surface area contributed by atoms with Crippen LogP contribution in [0.5, 0.6) is 0 Å². The van der Waals surface area contributed by atoms with Crippen LogP contribution < -0.4 is 16.4 Å². The van der Waals surface area contributed by atoms with Gasteiger partial charge in [-0.15, -0.1) is 0 Å². The SMILES string of the molecule is CCCCNC(=O)NC1CCN(CC(=N)N)CC1. The zero-order valence-corrected chi connectivity index (χ0v) is 11.2. The van der Waals surface area contributed by atoms with Crippen LogP contribution in [0.25, 0.3) is 0 Å². The Kier molecular flexibility index (Phi) is 6.49. The van der Waals surface area contributed by atoms with E-state index >= 15 is 0 Å². The quantitative estimate of drug-likeness (QED) is 0.316. The van der Waals surface area contributed by atoms with Crippen LogP contribution in [-0.4, -0.2) is 49.0 Å². The third-order valence-corrected chi connectivity index (χ3v) is 3.13. The van der Waals surface area contributed by atoms with Crippen molar-refractivity contribution >= 4 is 11.9 Å².